The summed E-state index contributed by atoms with van der Waals surface area (Å²) in [5, 5.41) is 17.4. The fourth-order valence-corrected chi connectivity index (χ4v) is 4.10. The standard InChI is InChI=1S/C20H17N3O4/c24-19-20(16(12-22(25)26)15-8-4-5-9-17(15)27-20)18(13-10-11-13)21-23(19)14-6-2-1-3-7-14/h1-9,13,16H,10-12H2/t16-,20-/m0/s1. The molecule has 2 heterocycles. The Hall–Kier alpha value is -3.22. The van der Waals surface area contributed by atoms with Gasteiger partial charge in [0.25, 0.3) is 5.91 Å². The second-order valence-corrected chi connectivity index (χ2v) is 7.16. The number of para-hydroxylation sites is 2. The van der Waals surface area contributed by atoms with Gasteiger partial charge in [0.1, 0.15) is 11.7 Å². The van der Waals surface area contributed by atoms with E-state index in [1.165, 1.54) is 5.01 Å². The maximum Gasteiger partial charge on any atom is 0.298 e. The molecule has 3 aliphatic rings. The Bertz CT molecular complexity index is 970. The minimum absolute atomic E-state index is 0.131. The highest BCUT2D eigenvalue weighted by molar-refractivity contribution is 6.24. The lowest BCUT2D eigenvalue weighted by atomic mass is 9.79. The number of ether oxygens (including phenoxy) is 1. The van der Waals surface area contributed by atoms with Gasteiger partial charge in [0.15, 0.2) is 0 Å². The molecule has 1 fully saturated rings. The van der Waals surface area contributed by atoms with E-state index in [9.17, 15) is 14.9 Å². The quantitative estimate of drug-likeness (QED) is 0.617. The summed E-state index contributed by atoms with van der Waals surface area (Å²) in [5.74, 6) is -0.380. The van der Waals surface area contributed by atoms with E-state index >= 15 is 0 Å². The molecule has 1 spiro atoms. The Balaban J connectivity index is 1.66. The van der Waals surface area contributed by atoms with Gasteiger partial charge in [0.05, 0.1) is 11.4 Å². The predicted octanol–water partition coefficient (Wildman–Crippen LogP) is 2.99. The zero-order valence-electron chi connectivity index (χ0n) is 14.4. The number of anilines is 1. The summed E-state index contributed by atoms with van der Waals surface area (Å²) in [6.45, 7) is -0.378. The van der Waals surface area contributed by atoms with Crippen molar-refractivity contribution in [2.75, 3.05) is 11.6 Å². The summed E-state index contributed by atoms with van der Waals surface area (Å²) in [6.07, 6.45) is 1.84. The monoisotopic (exact) mass is 363 g/mol. The number of hydrogen-bond acceptors (Lipinski definition) is 5. The average molecular weight is 363 g/mol. The zero-order valence-corrected chi connectivity index (χ0v) is 14.4. The summed E-state index contributed by atoms with van der Waals surface area (Å²) in [6, 6.07) is 16.3. The maximum atomic E-state index is 13.6. The molecule has 7 heteroatoms. The number of amides is 1. The highest BCUT2D eigenvalue weighted by Crippen LogP contribution is 2.53. The molecule has 2 aliphatic heterocycles. The molecule has 0 saturated heterocycles. The van der Waals surface area contributed by atoms with Crippen molar-refractivity contribution in [1.82, 2.24) is 0 Å². The first kappa shape index (κ1) is 16.0. The van der Waals surface area contributed by atoms with Gasteiger partial charge in [0.2, 0.25) is 12.1 Å². The molecule has 0 N–H and O–H groups in total. The number of rotatable bonds is 4. The van der Waals surface area contributed by atoms with Crippen molar-refractivity contribution in [3.63, 3.8) is 0 Å². The van der Waals surface area contributed by atoms with Crippen LogP contribution in [0, 0.1) is 16.0 Å². The first-order valence-corrected chi connectivity index (χ1v) is 8.99. The second-order valence-electron chi connectivity index (χ2n) is 7.16. The summed E-state index contributed by atoms with van der Waals surface area (Å²) >= 11 is 0. The van der Waals surface area contributed by atoms with Crippen LogP contribution in [0.1, 0.15) is 24.3 Å². The molecule has 2 aromatic carbocycles. The Morgan fingerprint density at radius 3 is 2.56 bits per heavy atom. The van der Waals surface area contributed by atoms with Crippen molar-refractivity contribution in [1.29, 1.82) is 0 Å². The largest absolute Gasteiger partial charge is 0.470 e. The van der Waals surface area contributed by atoms with Gasteiger partial charge >= 0.3 is 0 Å². The number of hydrogen-bond donors (Lipinski definition) is 0. The van der Waals surface area contributed by atoms with Crippen LogP contribution < -0.4 is 9.75 Å². The molecule has 0 aromatic heterocycles. The highest BCUT2D eigenvalue weighted by atomic mass is 16.6. The van der Waals surface area contributed by atoms with Gasteiger partial charge < -0.3 is 4.74 Å². The van der Waals surface area contributed by atoms with Gasteiger partial charge in [-0.25, -0.2) is 0 Å². The molecule has 2 aromatic rings. The van der Waals surface area contributed by atoms with Gasteiger partial charge in [-0.2, -0.15) is 10.1 Å². The maximum absolute atomic E-state index is 13.6. The average Bonchev–Trinajstić information content (AvgIpc) is 3.41. The van der Waals surface area contributed by atoms with Crippen molar-refractivity contribution < 1.29 is 14.5 Å². The van der Waals surface area contributed by atoms with E-state index in [2.05, 4.69) is 5.10 Å². The van der Waals surface area contributed by atoms with Crippen molar-refractivity contribution in [3.05, 3.63) is 70.3 Å². The molecule has 1 aliphatic carbocycles. The SMILES string of the molecule is O=C1N(c2ccccc2)N=C(C2CC2)[C@]12Oc1ccccc1[C@@H]2C[N+](=O)[O-]. The second kappa shape index (κ2) is 5.64. The number of hydrazone groups is 1. The fraction of sp³-hybridized carbons (Fsp3) is 0.300. The zero-order chi connectivity index (χ0) is 18.6. The first-order valence-electron chi connectivity index (χ1n) is 8.99. The Kier molecular flexibility index (Phi) is 3.34. The minimum Gasteiger partial charge on any atom is -0.470 e. The summed E-state index contributed by atoms with van der Waals surface area (Å²) in [7, 11) is 0. The van der Waals surface area contributed by atoms with Crippen LogP contribution in [0.3, 0.4) is 0 Å². The molecule has 1 amide bonds. The van der Waals surface area contributed by atoms with Gasteiger partial charge in [-0.05, 0) is 31.0 Å². The van der Waals surface area contributed by atoms with Crippen LogP contribution in [-0.4, -0.2) is 28.7 Å². The third-order valence-corrected chi connectivity index (χ3v) is 5.45. The van der Waals surface area contributed by atoms with Gasteiger partial charge in [-0.3, -0.25) is 14.9 Å². The number of carbonyl (C=O) groups excluding carboxylic acids is 1. The van der Waals surface area contributed by atoms with E-state index in [-0.39, 0.29) is 23.3 Å². The molecular weight excluding hydrogens is 346 g/mol. The first-order chi connectivity index (χ1) is 13.1. The van der Waals surface area contributed by atoms with E-state index in [1.807, 2.05) is 30.3 Å². The lowest BCUT2D eigenvalue weighted by molar-refractivity contribution is -0.484. The topological polar surface area (TPSA) is 85.0 Å². The van der Waals surface area contributed by atoms with Crippen LogP contribution in [0.4, 0.5) is 5.69 Å². The van der Waals surface area contributed by atoms with Gasteiger partial charge in [-0.15, -0.1) is 0 Å². The van der Waals surface area contributed by atoms with E-state index < -0.39 is 11.5 Å². The number of benzene rings is 2. The molecule has 2 atom stereocenters. The van der Waals surface area contributed by atoms with E-state index in [0.717, 1.165) is 12.8 Å². The van der Waals surface area contributed by atoms with Crippen molar-refractivity contribution in [2.45, 2.75) is 24.4 Å². The molecule has 5 rings (SSSR count). The third-order valence-electron chi connectivity index (χ3n) is 5.45. The third kappa shape index (κ3) is 2.27. The molecule has 136 valence electrons. The van der Waals surface area contributed by atoms with Crippen molar-refractivity contribution in [3.8, 4) is 5.75 Å². The van der Waals surface area contributed by atoms with Gasteiger partial charge in [-0.1, -0.05) is 36.4 Å². The number of carbonyl (C=O) groups is 1. The van der Waals surface area contributed by atoms with E-state index in [1.54, 1.807) is 24.3 Å². The molecule has 0 bridgehead atoms. The molecule has 27 heavy (non-hydrogen) atoms. The summed E-state index contributed by atoms with van der Waals surface area (Å²) < 4.78 is 6.22. The molecular formula is C20H17N3O4. The van der Waals surface area contributed by atoms with Gasteiger partial charge in [0, 0.05) is 16.4 Å². The number of fused-ring (bicyclic) bond motifs is 1. The van der Waals surface area contributed by atoms with E-state index in [4.69, 9.17) is 4.74 Å². The lowest BCUT2D eigenvalue weighted by Gasteiger charge is -2.28. The minimum atomic E-state index is -1.42. The van der Waals surface area contributed by atoms with Crippen molar-refractivity contribution >= 4 is 17.3 Å². The van der Waals surface area contributed by atoms with Crippen LogP contribution in [0.15, 0.2) is 59.7 Å². The van der Waals surface area contributed by atoms with Crippen LogP contribution in [0.25, 0.3) is 0 Å². The Morgan fingerprint density at radius 2 is 1.85 bits per heavy atom. The van der Waals surface area contributed by atoms with E-state index in [0.29, 0.717) is 22.7 Å². The molecule has 0 unspecified atom stereocenters. The normalized spacial score (nSPS) is 26.1. The highest BCUT2D eigenvalue weighted by Gasteiger charge is 2.66. The summed E-state index contributed by atoms with van der Waals surface area (Å²) in [4.78, 5) is 24.7. The molecule has 1 saturated carbocycles. The van der Waals surface area contributed by atoms with Crippen LogP contribution in [-0.2, 0) is 4.79 Å². The van der Waals surface area contributed by atoms with Crippen LogP contribution in [0.2, 0.25) is 0 Å². The Morgan fingerprint density at radius 1 is 1.15 bits per heavy atom. The molecule has 0 radical (unpaired) electrons. The fourth-order valence-electron chi connectivity index (χ4n) is 4.10. The Labute approximate surface area is 155 Å². The predicted molar refractivity (Wildman–Crippen MR) is 98.5 cm³/mol. The smallest absolute Gasteiger partial charge is 0.298 e. The molecule has 7 nitrogen and oxygen atoms in total. The van der Waals surface area contributed by atoms with Crippen molar-refractivity contribution in [2.24, 2.45) is 11.0 Å². The summed E-state index contributed by atoms with van der Waals surface area (Å²) in [5.41, 5.74) is 0.537. The lowest BCUT2D eigenvalue weighted by Crippen LogP contribution is -2.55. The van der Waals surface area contributed by atoms with Crippen LogP contribution >= 0.6 is 0 Å². The number of nitrogens with zero attached hydrogens (tertiary/aromatic N) is 3. The van der Waals surface area contributed by atoms with Crippen LogP contribution in [0.5, 0.6) is 5.75 Å². The number of nitro groups is 1.